The Labute approximate surface area is 211 Å². The summed E-state index contributed by atoms with van der Waals surface area (Å²) in [6.07, 6.45) is -4.52. The number of aromatic nitrogens is 3. The number of nitrogens with zero attached hydrogens (tertiary/aromatic N) is 4. The van der Waals surface area contributed by atoms with Crippen molar-refractivity contribution in [1.82, 2.24) is 20.1 Å². The van der Waals surface area contributed by atoms with Gasteiger partial charge < -0.3 is 5.32 Å². The standard InChI is InChI=1S/C24H17F4N5O3S/c25-18-7-1-15(2-8-18)14-37-23-31-30-21(32(23)19-9-11-20(12-10-19)33(35)36)13-29-22(34)16-3-5-17(6-4-16)24(26,27)28/h1-12H,13-14H2,(H,29,34). The summed E-state index contributed by atoms with van der Waals surface area (Å²) < 4.78 is 53.2. The molecule has 0 aliphatic rings. The van der Waals surface area contributed by atoms with E-state index in [9.17, 15) is 32.5 Å². The number of hydrogen-bond donors (Lipinski definition) is 1. The van der Waals surface area contributed by atoms with Gasteiger partial charge in [-0.15, -0.1) is 10.2 Å². The van der Waals surface area contributed by atoms with Gasteiger partial charge in [0.15, 0.2) is 11.0 Å². The summed E-state index contributed by atoms with van der Waals surface area (Å²) in [5.41, 5.74) is 0.359. The topological polar surface area (TPSA) is 103 Å². The lowest BCUT2D eigenvalue weighted by Gasteiger charge is -2.11. The van der Waals surface area contributed by atoms with Gasteiger partial charge in [0.05, 0.1) is 17.0 Å². The number of benzene rings is 3. The first-order valence-corrected chi connectivity index (χ1v) is 11.6. The Bertz CT molecular complexity index is 1410. The van der Waals surface area contributed by atoms with Crippen LogP contribution in [0.15, 0.2) is 78.0 Å². The number of non-ortho nitro benzene ring substituents is 1. The van der Waals surface area contributed by atoms with Crippen LogP contribution in [0.4, 0.5) is 23.2 Å². The van der Waals surface area contributed by atoms with Crippen molar-refractivity contribution in [2.24, 2.45) is 0 Å². The third-order valence-corrected chi connectivity index (χ3v) is 6.18. The summed E-state index contributed by atoms with van der Waals surface area (Å²) in [6.45, 7) is -0.124. The SMILES string of the molecule is O=C(NCc1nnc(SCc2ccc(F)cc2)n1-c1ccc([N+](=O)[O-])cc1)c1ccc(C(F)(F)F)cc1. The van der Waals surface area contributed by atoms with E-state index in [0.29, 0.717) is 16.6 Å². The highest BCUT2D eigenvalue weighted by Crippen LogP contribution is 2.29. The van der Waals surface area contributed by atoms with E-state index in [1.807, 2.05) is 0 Å². The van der Waals surface area contributed by atoms with Crippen molar-refractivity contribution >= 4 is 23.4 Å². The largest absolute Gasteiger partial charge is 0.416 e. The van der Waals surface area contributed by atoms with Crippen LogP contribution in [0.25, 0.3) is 5.69 Å². The zero-order valence-corrected chi connectivity index (χ0v) is 19.6. The zero-order valence-electron chi connectivity index (χ0n) is 18.8. The average molecular weight is 531 g/mol. The van der Waals surface area contributed by atoms with Crippen molar-refractivity contribution < 1.29 is 27.3 Å². The van der Waals surface area contributed by atoms with Crippen molar-refractivity contribution in [3.63, 3.8) is 0 Å². The molecular weight excluding hydrogens is 514 g/mol. The van der Waals surface area contributed by atoms with Gasteiger partial charge in [0.1, 0.15) is 5.82 Å². The summed E-state index contributed by atoms with van der Waals surface area (Å²) in [5, 5.41) is 22.3. The van der Waals surface area contributed by atoms with Crippen molar-refractivity contribution in [3.8, 4) is 5.69 Å². The number of carbonyl (C=O) groups excluding carboxylic acids is 1. The second-order valence-electron chi connectivity index (χ2n) is 7.68. The predicted octanol–water partition coefficient (Wildman–Crippen LogP) is 5.56. The molecular formula is C24H17F4N5O3S. The molecule has 4 rings (SSSR count). The van der Waals surface area contributed by atoms with Crippen molar-refractivity contribution in [2.75, 3.05) is 0 Å². The molecule has 0 radical (unpaired) electrons. The second kappa shape index (κ2) is 10.8. The number of halogens is 4. The Morgan fingerprint density at radius 2 is 1.62 bits per heavy atom. The second-order valence-corrected chi connectivity index (χ2v) is 8.62. The molecule has 0 fully saturated rings. The predicted molar refractivity (Wildman–Crippen MR) is 127 cm³/mol. The highest BCUT2D eigenvalue weighted by Gasteiger charge is 2.30. The minimum absolute atomic E-state index is 0.0281. The van der Waals surface area contributed by atoms with Gasteiger partial charge in [0.2, 0.25) is 0 Å². The Morgan fingerprint density at radius 3 is 2.22 bits per heavy atom. The monoisotopic (exact) mass is 531 g/mol. The van der Waals surface area contributed by atoms with E-state index < -0.39 is 22.6 Å². The minimum Gasteiger partial charge on any atom is -0.345 e. The van der Waals surface area contributed by atoms with Gasteiger partial charge in [-0.2, -0.15) is 13.2 Å². The first-order chi connectivity index (χ1) is 17.6. The average Bonchev–Trinajstić information content (AvgIpc) is 3.29. The van der Waals surface area contributed by atoms with E-state index in [1.165, 1.54) is 48.2 Å². The Hall–Kier alpha value is -4.26. The maximum atomic E-state index is 13.2. The fraction of sp³-hybridized carbons (Fsp3) is 0.125. The Morgan fingerprint density at radius 1 is 0.973 bits per heavy atom. The number of nitro benzene ring substituents is 1. The van der Waals surface area contributed by atoms with E-state index in [1.54, 1.807) is 16.7 Å². The molecule has 0 unspecified atom stereocenters. The number of carbonyl (C=O) groups is 1. The molecule has 1 heterocycles. The smallest absolute Gasteiger partial charge is 0.345 e. The van der Waals surface area contributed by atoms with Crippen LogP contribution in [0, 0.1) is 15.9 Å². The van der Waals surface area contributed by atoms with E-state index >= 15 is 0 Å². The summed E-state index contributed by atoms with van der Waals surface area (Å²) in [4.78, 5) is 23.0. The van der Waals surface area contributed by atoms with Gasteiger partial charge in [-0.1, -0.05) is 23.9 Å². The van der Waals surface area contributed by atoms with E-state index in [0.717, 1.165) is 29.8 Å². The normalized spacial score (nSPS) is 11.4. The van der Waals surface area contributed by atoms with Gasteiger partial charge in [-0.05, 0) is 54.1 Å². The first-order valence-electron chi connectivity index (χ1n) is 10.6. The lowest BCUT2D eigenvalue weighted by molar-refractivity contribution is -0.384. The quantitative estimate of drug-likeness (QED) is 0.138. The fourth-order valence-corrected chi connectivity index (χ4v) is 4.22. The van der Waals surface area contributed by atoms with E-state index in [2.05, 4.69) is 15.5 Å². The number of rotatable bonds is 8. The summed E-state index contributed by atoms with van der Waals surface area (Å²) >= 11 is 1.28. The molecule has 1 aromatic heterocycles. The highest BCUT2D eigenvalue weighted by atomic mass is 32.2. The molecule has 0 saturated heterocycles. The fourth-order valence-electron chi connectivity index (χ4n) is 3.29. The van der Waals surface area contributed by atoms with Crippen molar-refractivity contribution in [2.45, 2.75) is 23.6 Å². The Kier molecular flexibility index (Phi) is 7.53. The van der Waals surface area contributed by atoms with Crippen molar-refractivity contribution in [1.29, 1.82) is 0 Å². The van der Waals surface area contributed by atoms with Crippen LogP contribution in [0.1, 0.15) is 27.3 Å². The van der Waals surface area contributed by atoms with Crippen LogP contribution in [-0.2, 0) is 18.5 Å². The van der Waals surface area contributed by atoms with E-state index in [4.69, 9.17) is 0 Å². The van der Waals surface area contributed by atoms with Crippen LogP contribution in [-0.4, -0.2) is 25.6 Å². The van der Waals surface area contributed by atoms with Crippen molar-refractivity contribution in [3.05, 3.63) is 111 Å². The van der Waals surface area contributed by atoms with Crippen LogP contribution in [0.2, 0.25) is 0 Å². The maximum absolute atomic E-state index is 13.2. The summed E-state index contributed by atoms with van der Waals surface area (Å²) in [6, 6.07) is 15.3. The van der Waals surface area contributed by atoms with Gasteiger partial charge in [-0.25, -0.2) is 4.39 Å². The van der Waals surface area contributed by atoms with Crippen LogP contribution in [0.3, 0.4) is 0 Å². The molecule has 0 aliphatic carbocycles. The third-order valence-electron chi connectivity index (χ3n) is 5.18. The molecule has 0 spiro atoms. The maximum Gasteiger partial charge on any atom is 0.416 e. The number of amides is 1. The number of hydrogen-bond acceptors (Lipinski definition) is 6. The Balaban J connectivity index is 1.56. The van der Waals surface area contributed by atoms with Crippen LogP contribution in [0.5, 0.6) is 0 Å². The van der Waals surface area contributed by atoms with Gasteiger partial charge in [0, 0.05) is 29.1 Å². The first kappa shape index (κ1) is 25.8. The summed E-state index contributed by atoms with van der Waals surface area (Å²) in [5.74, 6) is -0.277. The molecule has 0 atom stereocenters. The minimum atomic E-state index is -4.52. The van der Waals surface area contributed by atoms with Crippen LogP contribution < -0.4 is 5.32 Å². The molecule has 3 aromatic carbocycles. The third kappa shape index (κ3) is 6.30. The van der Waals surface area contributed by atoms with Gasteiger partial charge >= 0.3 is 6.18 Å². The highest BCUT2D eigenvalue weighted by molar-refractivity contribution is 7.98. The van der Waals surface area contributed by atoms with Gasteiger partial charge in [0.25, 0.3) is 11.6 Å². The lowest BCUT2D eigenvalue weighted by Crippen LogP contribution is -2.24. The summed E-state index contributed by atoms with van der Waals surface area (Å²) in [7, 11) is 0. The molecule has 13 heteroatoms. The molecule has 0 bridgehead atoms. The number of nitrogens with one attached hydrogen (secondary N) is 1. The zero-order chi connectivity index (χ0) is 26.6. The van der Waals surface area contributed by atoms with Gasteiger partial charge in [-0.3, -0.25) is 19.5 Å². The molecule has 1 amide bonds. The molecule has 190 valence electrons. The number of thioether (sulfide) groups is 1. The molecule has 0 aliphatic heterocycles. The molecule has 8 nitrogen and oxygen atoms in total. The van der Waals surface area contributed by atoms with Crippen LogP contribution >= 0.6 is 11.8 Å². The molecule has 0 saturated carbocycles. The van der Waals surface area contributed by atoms with E-state index in [-0.39, 0.29) is 29.4 Å². The molecule has 37 heavy (non-hydrogen) atoms. The molecule has 1 N–H and O–H groups in total. The molecule has 4 aromatic rings. The number of alkyl halides is 3. The number of nitro groups is 1. The lowest BCUT2D eigenvalue weighted by atomic mass is 10.1.